The van der Waals surface area contributed by atoms with Crippen LogP contribution in [0.1, 0.15) is 25.3 Å². The third-order valence-corrected chi connectivity index (χ3v) is 4.31. The summed E-state index contributed by atoms with van der Waals surface area (Å²) in [5.74, 6) is 0.702. The summed E-state index contributed by atoms with van der Waals surface area (Å²) < 4.78 is 27.7. The molecule has 0 fully saturated rings. The van der Waals surface area contributed by atoms with Crippen LogP contribution in [0.5, 0.6) is 5.75 Å². The van der Waals surface area contributed by atoms with E-state index in [4.69, 9.17) is 9.88 Å². The van der Waals surface area contributed by atoms with Crippen LogP contribution in [0.25, 0.3) is 0 Å². The van der Waals surface area contributed by atoms with Gasteiger partial charge in [-0.2, -0.15) is 0 Å². The van der Waals surface area contributed by atoms with Crippen molar-refractivity contribution in [2.24, 2.45) is 5.14 Å². The fourth-order valence-electron chi connectivity index (χ4n) is 2.02. The summed E-state index contributed by atoms with van der Waals surface area (Å²) in [6.45, 7) is 4.06. The van der Waals surface area contributed by atoms with Gasteiger partial charge in [0.1, 0.15) is 5.75 Å². The summed E-state index contributed by atoms with van der Waals surface area (Å²) >= 11 is 0. The van der Waals surface area contributed by atoms with E-state index in [1.165, 1.54) is 29.8 Å². The van der Waals surface area contributed by atoms with Gasteiger partial charge < -0.3 is 10.1 Å². The van der Waals surface area contributed by atoms with Gasteiger partial charge in [-0.1, -0.05) is 26.0 Å². The number of primary sulfonamides is 1. The Balaban J connectivity index is 1.89. The predicted molar refractivity (Wildman–Crippen MR) is 92.5 cm³/mol. The van der Waals surface area contributed by atoms with Crippen molar-refractivity contribution < 1.29 is 17.9 Å². The first-order valence-electron chi connectivity index (χ1n) is 7.41. The summed E-state index contributed by atoms with van der Waals surface area (Å²) in [7, 11) is -3.74. The Labute approximate surface area is 141 Å². The first kappa shape index (κ1) is 18.0. The predicted octanol–water partition coefficient (Wildman–Crippen LogP) is 2.47. The van der Waals surface area contributed by atoms with E-state index in [-0.39, 0.29) is 17.4 Å². The maximum Gasteiger partial charge on any atom is 0.262 e. The van der Waals surface area contributed by atoms with Crippen molar-refractivity contribution in [3.63, 3.8) is 0 Å². The molecule has 0 saturated carbocycles. The first-order chi connectivity index (χ1) is 11.3. The molecule has 6 nitrogen and oxygen atoms in total. The summed E-state index contributed by atoms with van der Waals surface area (Å²) in [6.07, 6.45) is 0. The van der Waals surface area contributed by atoms with Crippen LogP contribution in [0.3, 0.4) is 0 Å². The van der Waals surface area contributed by atoms with Gasteiger partial charge in [-0.25, -0.2) is 13.6 Å². The number of benzene rings is 2. The summed E-state index contributed by atoms with van der Waals surface area (Å²) in [5, 5.41) is 7.64. The lowest BCUT2D eigenvalue weighted by Crippen LogP contribution is -2.20. The molecule has 0 aromatic heterocycles. The molecule has 0 radical (unpaired) electrons. The van der Waals surface area contributed by atoms with Crippen molar-refractivity contribution in [2.75, 3.05) is 11.9 Å². The smallest absolute Gasteiger partial charge is 0.262 e. The lowest BCUT2D eigenvalue weighted by molar-refractivity contribution is -0.118. The Hall–Kier alpha value is -2.38. The molecule has 1 amide bonds. The number of ether oxygens (including phenoxy) is 1. The van der Waals surface area contributed by atoms with E-state index >= 15 is 0 Å². The average Bonchev–Trinajstić information content (AvgIpc) is 2.53. The molecule has 24 heavy (non-hydrogen) atoms. The molecule has 2 aromatic carbocycles. The van der Waals surface area contributed by atoms with Crippen LogP contribution >= 0.6 is 0 Å². The van der Waals surface area contributed by atoms with Crippen LogP contribution in [0.2, 0.25) is 0 Å². The molecule has 2 aromatic rings. The van der Waals surface area contributed by atoms with Crippen LogP contribution in [-0.2, 0) is 14.8 Å². The Bertz CT molecular complexity index is 797. The van der Waals surface area contributed by atoms with E-state index in [9.17, 15) is 13.2 Å². The lowest BCUT2D eigenvalue weighted by atomic mass is 10.0. The summed E-state index contributed by atoms with van der Waals surface area (Å²) in [4.78, 5) is 11.9. The van der Waals surface area contributed by atoms with Gasteiger partial charge in [0.2, 0.25) is 10.0 Å². The minimum absolute atomic E-state index is 0.0120. The SMILES string of the molecule is CC(C)c1ccc(OCC(=O)Nc2ccc(S(N)(=O)=O)cc2)cc1. The van der Waals surface area contributed by atoms with Crippen molar-refractivity contribution in [2.45, 2.75) is 24.7 Å². The topological polar surface area (TPSA) is 98.5 Å². The number of carbonyl (C=O) groups is 1. The Morgan fingerprint density at radius 2 is 1.67 bits per heavy atom. The molecule has 0 unspecified atom stereocenters. The minimum atomic E-state index is -3.74. The second kappa shape index (κ2) is 7.46. The maximum atomic E-state index is 11.9. The number of nitrogens with one attached hydrogen (secondary N) is 1. The van der Waals surface area contributed by atoms with Gasteiger partial charge in [-0.05, 0) is 47.9 Å². The second-order valence-electron chi connectivity index (χ2n) is 5.63. The molecular formula is C17H20N2O4S. The zero-order valence-electron chi connectivity index (χ0n) is 13.5. The van der Waals surface area contributed by atoms with E-state index in [0.29, 0.717) is 17.4 Å². The zero-order valence-corrected chi connectivity index (χ0v) is 14.3. The standard InChI is InChI=1S/C17H20N2O4S/c1-12(2)13-3-7-15(8-4-13)23-11-17(20)19-14-5-9-16(10-6-14)24(18,21)22/h3-10,12H,11H2,1-2H3,(H,19,20)(H2,18,21,22). The van der Waals surface area contributed by atoms with Gasteiger partial charge >= 0.3 is 0 Å². The third kappa shape index (κ3) is 5.07. The van der Waals surface area contributed by atoms with E-state index in [1.54, 1.807) is 0 Å². The Kier molecular flexibility index (Phi) is 5.58. The van der Waals surface area contributed by atoms with Crippen LogP contribution < -0.4 is 15.2 Å². The monoisotopic (exact) mass is 348 g/mol. The number of rotatable bonds is 6. The highest BCUT2D eigenvalue weighted by Gasteiger charge is 2.08. The zero-order chi connectivity index (χ0) is 17.7. The van der Waals surface area contributed by atoms with Crippen LogP contribution in [0, 0.1) is 0 Å². The lowest BCUT2D eigenvalue weighted by Gasteiger charge is -2.09. The highest BCUT2D eigenvalue weighted by atomic mass is 32.2. The molecule has 0 atom stereocenters. The number of amides is 1. The Morgan fingerprint density at radius 1 is 1.08 bits per heavy atom. The van der Waals surface area contributed by atoms with Gasteiger partial charge in [0, 0.05) is 5.69 Å². The molecule has 0 aliphatic heterocycles. The highest BCUT2D eigenvalue weighted by molar-refractivity contribution is 7.89. The minimum Gasteiger partial charge on any atom is -0.484 e. The number of nitrogens with two attached hydrogens (primary N) is 1. The van der Waals surface area contributed by atoms with Crippen molar-refractivity contribution >= 4 is 21.6 Å². The highest BCUT2D eigenvalue weighted by Crippen LogP contribution is 2.18. The van der Waals surface area contributed by atoms with Crippen LogP contribution in [-0.4, -0.2) is 20.9 Å². The number of hydrogen-bond acceptors (Lipinski definition) is 4. The molecule has 0 heterocycles. The molecule has 3 N–H and O–H groups in total. The van der Waals surface area contributed by atoms with Crippen LogP contribution in [0.4, 0.5) is 5.69 Å². The number of anilines is 1. The molecule has 0 saturated heterocycles. The molecule has 2 rings (SSSR count). The summed E-state index contributed by atoms with van der Waals surface area (Å²) in [5.41, 5.74) is 1.66. The van der Waals surface area contributed by atoms with Crippen molar-refractivity contribution in [1.29, 1.82) is 0 Å². The normalized spacial score (nSPS) is 11.3. The quantitative estimate of drug-likeness (QED) is 0.838. The molecule has 7 heteroatoms. The Morgan fingerprint density at radius 3 is 2.17 bits per heavy atom. The van der Waals surface area contributed by atoms with Gasteiger partial charge in [-0.3, -0.25) is 4.79 Å². The van der Waals surface area contributed by atoms with Crippen molar-refractivity contribution in [1.82, 2.24) is 0 Å². The number of sulfonamides is 1. The average molecular weight is 348 g/mol. The third-order valence-electron chi connectivity index (χ3n) is 3.38. The van der Waals surface area contributed by atoms with E-state index in [0.717, 1.165) is 0 Å². The van der Waals surface area contributed by atoms with E-state index < -0.39 is 10.0 Å². The molecule has 0 bridgehead atoms. The maximum absolute atomic E-state index is 11.9. The molecule has 0 aliphatic carbocycles. The fraction of sp³-hybridized carbons (Fsp3) is 0.235. The van der Waals surface area contributed by atoms with Gasteiger partial charge in [0.15, 0.2) is 6.61 Å². The summed E-state index contributed by atoms with van der Waals surface area (Å²) in [6, 6.07) is 13.2. The first-order valence-corrected chi connectivity index (χ1v) is 8.96. The van der Waals surface area contributed by atoms with Gasteiger partial charge in [0.05, 0.1) is 4.90 Å². The fourth-order valence-corrected chi connectivity index (χ4v) is 2.54. The molecule has 128 valence electrons. The van der Waals surface area contributed by atoms with Crippen LogP contribution in [0.15, 0.2) is 53.4 Å². The molecular weight excluding hydrogens is 328 g/mol. The molecule has 0 aliphatic rings. The van der Waals surface area contributed by atoms with Gasteiger partial charge in [0.25, 0.3) is 5.91 Å². The van der Waals surface area contributed by atoms with Crippen molar-refractivity contribution in [3.05, 3.63) is 54.1 Å². The van der Waals surface area contributed by atoms with Crippen molar-refractivity contribution in [3.8, 4) is 5.75 Å². The van der Waals surface area contributed by atoms with E-state index in [2.05, 4.69) is 19.2 Å². The largest absolute Gasteiger partial charge is 0.484 e. The number of hydrogen-bond donors (Lipinski definition) is 2. The number of carbonyl (C=O) groups excluding carboxylic acids is 1. The van der Waals surface area contributed by atoms with Gasteiger partial charge in [-0.15, -0.1) is 0 Å². The molecule has 0 spiro atoms. The van der Waals surface area contributed by atoms with E-state index in [1.807, 2.05) is 24.3 Å². The second-order valence-corrected chi connectivity index (χ2v) is 7.19.